The second-order valence-corrected chi connectivity index (χ2v) is 6.14. The maximum absolute atomic E-state index is 14.1. The first-order valence-corrected chi connectivity index (χ1v) is 7.67. The number of hydrogen-bond acceptors (Lipinski definition) is 2. The summed E-state index contributed by atoms with van der Waals surface area (Å²) < 4.78 is 14.1. The summed E-state index contributed by atoms with van der Waals surface area (Å²) in [5.41, 5.74) is 6.79. The van der Waals surface area contributed by atoms with Crippen LogP contribution in [-0.2, 0) is 0 Å². The summed E-state index contributed by atoms with van der Waals surface area (Å²) in [6.45, 7) is 1.87. The van der Waals surface area contributed by atoms with Crippen molar-refractivity contribution in [2.45, 2.75) is 22.8 Å². The van der Waals surface area contributed by atoms with E-state index in [1.165, 1.54) is 23.2 Å². The third-order valence-corrected chi connectivity index (χ3v) is 4.55. The van der Waals surface area contributed by atoms with Crippen LogP contribution in [0.2, 0.25) is 0 Å². The van der Waals surface area contributed by atoms with Crippen LogP contribution >= 0.6 is 11.8 Å². The molecule has 1 atom stereocenters. The first-order chi connectivity index (χ1) is 10.1. The summed E-state index contributed by atoms with van der Waals surface area (Å²) in [5.74, 6) is -0.219. The lowest BCUT2D eigenvalue weighted by Gasteiger charge is -2.13. The Hall–Kier alpha value is -1.84. The van der Waals surface area contributed by atoms with Gasteiger partial charge in [-0.25, -0.2) is 4.39 Å². The third kappa shape index (κ3) is 2.94. The topological polar surface area (TPSA) is 26.0 Å². The Morgan fingerprint density at radius 2 is 1.71 bits per heavy atom. The fourth-order valence-corrected chi connectivity index (χ4v) is 3.44. The summed E-state index contributed by atoms with van der Waals surface area (Å²) in [7, 11) is 0. The van der Waals surface area contributed by atoms with Gasteiger partial charge in [-0.1, -0.05) is 54.2 Å². The van der Waals surface area contributed by atoms with Gasteiger partial charge in [-0.3, -0.25) is 0 Å². The van der Waals surface area contributed by atoms with Crippen LogP contribution < -0.4 is 5.73 Å². The van der Waals surface area contributed by atoms with Crippen LogP contribution in [0.4, 0.5) is 4.39 Å². The molecule has 0 heterocycles. The molecule has 3 rings (SSSR count). The quantitative estimate of drug-likeness (QED) is 0.723. The normalized spacial score (nSPS) is 12.5. The molecule has 0 bridgehead atoms. The number of hydrogen-bond donors (Lipinski definition) is 1. The Morgan fingerprint density at radius 1 is 0.952 bits per heavy atom. The molecule has 0 amide bonds. The molecule has 0 aliphatic rings. The lowest BCUT2D eigenvalue weighted by Crippen LogP contribution is -2.07. The second-order valence-electron chi connectivity index (χ2n) is 5.06. The van der Waals surface area contributed by atoms with Crippen molar-refractivity contribution in [3.8, 4) is 0 Å². The molecule has 0 aliphatic carbocycles. The van der Waals surface area contributed by atoms with Gasteiger partial charge in [0.15, 0.2) is 0 Å². The van der Waals surface area contributed by atoms with Crippen molar-refractivity contribution in [2.24, 2.45) is 5.73 Å². The van der Waals surface area contributed by atoms with Crippen LogP contribution in [0, 0.1) is 5.82 Å². The fraction of sp³-hybridized carbons (Fsp3) is 0.111. The van der Waals surface area contributed by atoms with Gasteiger partial charge in [-0.2, -0.15) is 0 Å². The average Bonchev–Trinajstić information content (AvgIpc) is 2.49. The van der Waals surface area contributed by atoms with Crippen molar-refractivity contribution in [3.63, 3.8) is 0 Å². The van der Waals surface area contributed by atoms with Crippen molar-refractivity contribution in [3.05, 3.63) is 72.0 Å². The molecule has 0 unspecified atom stereocenters. The molecule has 3 aromatic carbocycles. The highest BCUT2D eigenvalue weighted by molar-refractivity contribution is 7.99. The number of fused-ring (bicyclic) bond motifs is 1. The van der Waals surface area contributed by atoms with Crippen LogP contribution in [0.5, 0.6) is 0 Å². The van der Waals surface area contributed by atoms with Crippen molar-refractivity contribution >= 4 is 22.5 Å². The molecule has 2 N–H and O–H groups in total. The standard InChI is InChI=1S/C18H16FNS/c1-12(20)16-7-4-8-17(19)18(16)21-15-10-9-13-5-2-3-6-14(13)11-15/h2-12H,20H2,1H3/t12-/m1/s1. The molecule has 0 aliphatic heterocycles. The minimum absolute atomic E-state index is 0.191. The van der Waals surface area contributed by atoms with E-state index in [-0.39, 0.29) is 11.9 Å². The van der Waals surface area contributed by atoms with Crippen LogP contribution in [0.3, 0.4) is 0 Å². The Labute approximate surface area is 128 Å². The van der Waals surface area contributed by atoms with Gasteiger partial charge < -0.3 is 5.73 Å². The molecular weight excluding hydrogens is 281 g/mol. The molecular formula is C18H16FNS. The van der Waals surface area contributed by atoms with Gasteiger partial charge in [0.05, 0.1) is 4.90 Å². The van der Waals surface area contributed by atoms with Gasteiger partial charge in [-0.15, -0.1) is 0 Å². The molecule has 0 saturated carbocycles. The first kappa shape index (κ1) is 14.1. The van der Waals surface area contributed by atoms with E-state index in [0.717, 1.165) is 15.8 Å². The Balaban J connectivity index is 2.02. The van der Waals surface area contributed by atoms with Crippen molar-refractivity contribution in [1.29, 1.82) is 0 Å². The zero-order valence-electron chi connectivity index (χ0n) is 11.7. The van der Waals surface area contributed by atoms with E-state index in [1.54, 1.807) is 6.07 Å². The van der Waals surface area contributed by atoms with Crippen molar-refractivity contribution in [1.82, 2.24) is 0 Å². The molecule has 1 nitrogen and oxygen atoms in total. The van der Waals surface area contributed by atoms with Crippen LogP contribution in [0.25, 0.3) is 10.8 Å². The minimum Gasteiger partial charge on any atom is -0.324 e. The lowest BCUT2D eigenvalue weighted by molar-refractivity contribution is 0.591. The molecule has 106 valence electrons. The van der Waals surface area contributed by atoms with E-state index in [4.69, 9.17) is 5.73 Å². The van der Waals surface area contributed by atoms with Gasteiger partial charge in [0.1, 0.15) is 5.82 Å². The van der Waals surface area contributed by atoms with Gasteiger partial charge >= 0.3 is 0 Å². The zero-order valence-corrected chi connectivity index (χ0v) is 12.5. The molecule has 21 heavy (non-hydrogen) atoms. The van der Waals surface area contributed by atoms with Crippen LogP contribution in [-0.4, -0.2) is 0 Å². The Bertz CT molecular complexity index is 783. The smallest absolute Gasteiger partial charge is 0.137 e. The summed E-state index contributed by atoms with van der Waals surface area (Å²) in [6.07, 6.45) is 0. The number of halogens is 1. The second kappa shape index (κ2) is 5.88. The summed E-state index contributed by atoms with van der Waals surface area (Å²) >= 11 is 1.43. The highest BCUT2D eigenvalue weighted by Gasteiger charge is 2.13. The molecule has 0 radical (unpaired) electrons. The summed E-state index contributed by atoms with van der Waals surface area (Å²) in [4.78, 5) is 1.63. The molecule has 3 heteroatoms. The molecule has 0 aromatic heterocycles. The molecule has 0 spiro atoms. The predicted octanol–water partition coefficient (Wildman–Crippen LogP) is 5.15. The number of benzene rings is 3. The third-order valence-electron chi connectivity index (χ3n) is 3.43. The number of rotatable bonds is 3. The first-order valence-electron chi connectivity index (χ1n) is 6.86. The molecule has 0 saturated heterocycles. The highest BCUT2D eigenvalue weighted by atomic mass is 32.2. The van der Waals surface area contributed by atoms with Gasteiger partial charge in [0, 0.05) is 10.9 Å². The summed E-state index contributed by atoms with van der Waals surface area (Å²) in [5, 5.41) is 2.34. The Morgan fingerprint density at radius 3 is 2.48 bits per heavy atom. The van der Waals surface area contributed by atoms with E-state index in [9.17, 15) is 4.39 Å². The van der Waals surface area contributed by atoms with E-state index in [0.29, 0.717) is 4.90 Å². The van der Waals surface area contributed by atoms with Crippen molar-refractivity contribution < 1.29 is 4.39 Å². The van der Waals surface area contributed by atoms with Crippen molar-refractivity contribution in [2.75, 3.05) is 0 Å². The van der Waals surface area contributed by atoms with Gasteiger partial charge in [-0.05, 0) is 41.5 Å². The van der Waals surface area contributed by atoms with Gasteiger partial charge in [0.2, 0.25) is 0 Å². The molecule has 3 aromatic rings. The van der Waals surface area contributed by atoms with E-state index in [1.807, 2.05) is 31.2 Å². The maximum Gasteiger partial charge on any atom is 0.137 e. The minimum atomic E-state index is -0.219. The van der Waals surface area contributed by atoms with Crippen LogP contribution in [0.15, 0.2) is 70.5 Å². The number of nitrogens with two attached hydrogens (primary N) is 1. The van der Waals surface area contributed by atoms with Crippen LogP contribution in [0.1, 0.15) is 18.5 Å². The highest BCUT2D eigenvalue weighted by Crippen LogP contribution is 2.36. The summed E-state index contributed by atoms with van der Waals surface area (Å²) in [6, 6.07) is 19.2. The lowest BCUT2D eigenvalue weighted by atomic mass is 10.1. The average molecular weight is 297 g/mol. The van der Waals surface area contributed by atoms with E-state index < -0.39 is 0 Å². The monoisotopic (exact) mass is 297 g/mol. The van der Waals surface area contributed by atoms with E-state index in [2.05, 4.69) is 24.3 Å². The maximum atomic E-state index is 14.1. The predicted molar refractivity (Wildman–Crippen MR) is 87.1 cm³/mol. The SMILES string of the molecule is C[C@@H](N)c1cccc(F)c1Sc1ccc2ccccc2c1. The zero-order chi connectivity index (χ0) is 14.8. The van der Waals surface area contributed by atoms with E-state index >= 15 is 0 Å². The largest absolute Gasteiger partial charge is 0.324 e. The fourth-order valence-electron chi connectivity index (χ4n) is 2.34. The van der Waals surface area contributed by atoms with Gasteiger partial charge in [0.25, 0.3) is 0 Å². The Kier molecular flexibility index (Phi) is 3.95. The molecule has 0 fully saturated rings.